The number of benzene rings is 4. The number of phenols is 6. The fraction of sp³-hybridized carbons (Fsp3) is 0.278. The van der Waals surface area contributed by atoms with Crippen molar-refractivity contribution in [1.82, 2.24) is 0 Å². The molecule has 17 heteroatoms. The quantitative estimate of drug-likeness (QED) is 0.122. The number of aliphatic hydroxyl groups is 5. The van der Waals surface area contributed by atoms with Gasteiger partial charge in [-0.25, -0.2) is 0 Å². The second-order valence-corrected chi connectivity index (χ2v) is 12.7. The van der Waals surface area contributed by atoms with Crippen molar-refractivity contribution in [1.29, 1.82) is 0 Å². The van der Waals surface area contributed by atoms with Crippen molar-refractivity contribution in [2.24, 2.45) is 0 Å². The van der Waals surface area contributed by atoms with E-state index in [0.29, 0.717) is 0 Å². The third-order valence-corrected chi connectivity index (χ3v) is 9.41. The summed E-state index contributed by atoms with van der Waals surface area (Å²) >= 11 is 0. The first-order valence-electron chi connectivity index (χ1n) is 16.0. The van der Waals surface area contributed by atoms with E-state index < -0.39 is 130 Å². The van der Waals surface area contributed by atoms with Gasteiger partial charge >= 0.3 is 0 Å². The molecule has 4 aromatic rings. The molecule has 3 aliphatic heterocycles. The number of carbonyl (C=O) groups is 2. The second-order valence-electron chi connectivity index (χ2n) is 12.7. The van der Waals surface area contributed by atoms with E-state index in [2.05, 4.69) is 0 Å². The minimum Gasteiger partial charge on any atom is -0.508 e. The minimum atomic E-state index is -2.03. The van der Waals surface area contributed by atoms with Crippen molar-refractivity contribution in [3.8, 4) is 51.7 Å². The van der Waals surface area contributed by atoms with Gasteiger partial charge in [0.25, 0.3) is 0 Å². The summed E-state index contributed by atoms with van der Waals surface area (Å²) in [5.74, 6) is -8.55. The van der Waals surface area contributed by atoms with Crippen LogP contribution in [0, 0.1) is 0 Å². The summed E-state index contributed by atoms with van der Waals surface area (Å²) in [6.07, 6.45) is -14.2. The molecule has 53 heavy (non-hydrogen) atoms. The SMILES string of the molecule is O=C1c2c(O)cc(OC3OC(CO)C(O)C(O)C3O)c(C3C(=O)c4c(O)cc(O)cc4OC3c3ccc(O)cc3)c2OC(c2ccc(O)c(O)c2)C1O. The molecule has 0 radical (unpaired) electrons. The highest BCUT2D eigenvalue weighted by atomic mass is 16.7. The second kappa shape index (κ2) is 13.3. The van der Waals surface area contributed by atoms with Crippen LogP contribution in [0.25, 0.3) is 0 Å². The molecule has 1 saturated heterocycles. The van der Waals surface area contributed by atoms with Crippen LogP contribution in [-0.4, -0.2) is 111 Å². The van der Waals surface area contributed by atoms with Crippen LogP contribution in [0.2, 0.25) is 0 Å². The maximum Gasteiger partial charge on any atom is 0.229 e. The van der Waals surface area contributed by atoms with E-state index in [0.717, 1.165) is 30.3 Å². The smallest absolute Gasteiger partial charge is 0.229 e. The van der Waals surface area contributed by atoms with Crippen LogP contribution in [0.4, 0.5) is 0 Å². The predicted molar refractivity (Wildman–Crippen MR) is 174 cm³/mol. The number of rotatable bonds is 6. The maximum atomic E-state index is 14.7. The van der Waals surface area contributed by atoms with E-state index in [-0.39, 0.29) is 22.6 Å². The Labute approximate surface area is 297 Å². The zero-order valence-corrected chi connectivity index (χ0v) is 27.0. The number of phenolic OH excluding ortho intramolecular Hbond substituents is 6. The molecular weight excluding hydrogens is 704 g/mol. The summed E-state index contributed by atoms with van der Waals surface area (Å²) < 4.78 is 23.9. The topological polar surface area (TPSA) is 294 Å². The Kier molecular flexibility index (Phi) is 8.93. The van der Waals surface area contributed by atoms with Crippen LogP contribution in [-0.2, 0) is 4.74 Å². The molecule has 3 aliphatic rings. The fourth-order valence-corrected chi connectivity index (χ4v) is 6.76. The Balaban J connectivity index is 1.49. The maximum absolute atomic E-state index is 14.7. The Morgan fingerprint density at radius 1 is 0.623 bits per heavy atom. The first-order chi connectivity index (χ1) is 25.2. The number of fused-ring (bicyclic) bond motifs is 2. The highest BCUT2D eigenvalue weighted by molar-refractivity contribution is 6.10. The van der Waals surface area contributed by atoms with Gasteiger partial charge in [0.1, 0.15) is 81.9 Å². The molecule has 1 fully saturated rings. The number of hydrogen-bond acceptors (Lipinski definition) is 17. The molecule has 9 unspecified atom stereocenters. The summed E-state index contributed by atoms with van der Waals surface area (Å²) in [5, 5.41) is 115. The Morgan fingerprint density at radius 3 is 1.98 bits per heavy atom. The number of Topliss-reactive ketones (excluding diaryl/α,β-unsaturated/α-hetero) is 2. The number of ketones is 2. The van der Waals surface area contributed by atoms with Crippen LogP contribution in [0.5, 0.6) is 51.7 Å². The van der Waals surface area contributed by atoms with Crippen LogP contribution < -0.4 is 14.2 Å². The van der Waals surface area contributed by atoms with Crippen molar-refractivity contribution in [2.75, 3.05) is 6.61 Å². The van der Waals surface area contributed by atoms with E-state index in [4.69, 9.17) is 18.9 Å². The summed E-state index contributed by atoms with van der Waals surface area (Å²) in [7, 11) is 0. The van der Waals surface area contributed by atoms with Crippen LogP contribution >= 0.6 is 0 Å². The van der Waals surface area contributed by atoms with Gasteiger partial charge in [-0.15, -0.1) is 0 Å². The van der Waals surface area contributed by atoms with Gasteiger partial charge in [0.05, 0.1) is 18.1 Å². The summed E-state index contributed by atoms with van der Waals surface area (Å²) in [6, 6.07) is 11.4. The van der Waals surface area contributed by atoms with Crippen molar-refractivity contribution in [3.63, 3.8) is 0 Å². The molecule has 4 aromatic carbocycles. The third-order valence-electron chi connectivity index (χ3n) is 9.41. The van der Waals surface area contributed by atoms with Gasteiger partial charge in [-0.3, -0.25) is 9.59 Å². The Morgan fingerprint density at radius 2 is 1.30 bits per heavy atom. The third kappa shape index (κ3) is 5.94. The van der Waals surface area contributed by atoms with E-state index in [1.165, 1.54) is 30.3 Å². The Bertz CT molecular complexity index is 2100. The highest BCUT2D eigenvalue weighted by Gasteiger charge is 2.50. The number of hydrogen-bond donors (Lipinski definition) is 11. The lowest BCUT2D eigenvalue weighted by atomic mass is 9.78. The molecule has 0 saturated carbocycles. The molecule has 0 spiro atoms. The van der Waals surface area contributed by atoms with Crippen LogP contribution in [0.1, 0.15) is 55.5 Å². The summed E-state index contributed by atoms with van der Waals surface area (Å²) in [6.45, 7) is -0.843. The summed E-state index contributed by atoms with van der Waals surface area (Å²) in [4.78, 5) is 28.6. The monoisotopic (exact) mass is 736 g/mol. The largest absolute Gasteiger partial charge is 0.508 e. The normalized spacial score (nSPS) is 28.0. The molecule has 0 bridgehead atoms. The van der Waals surface area contributed by atoms with E-state index in [1.807, 2.05) is 0 Å². The van der Waals surface area contributed by atoms with Crippen LogP contribution in [0.3, 0.4) is 0 Å². The molecule has 0 aromatic heterocycles. The average molecular weight is 737 g/mol. The lowest BCUT2D eigenvalue weighted by Gasteiger charge is -2.41. The van der Waals surface area contributed by atoms with Gasteiger partial charge in [0.15, 0.2) is 29.5 Å². The molecule has 7 rings (SSSR count). The summed E-state index contributed by atoms with van der Waals surface area (Å²) in [5.41, 5.74) is -1.32. The number of carbonyl (C=O) groups excluding carboxylic acids is 2. The molecular formula is C36H32O17. The average Bonchev–Trinajstić information content (AvgIpc) is 3.11. The molecule has 0 amide bonds. The van der Waals surface area contributed by atoms with Gasteiger partial charge in [-0.1, -0.05) is 18.2 Å². The number of ether oxygens (including phenoxy) is 4. The molecule has 17 nitrogen and oxygen atoms in total. The van der Waals surface area contributed by atoms with E-state index >= 15 is 0 Å². The van der Waals surface area contributed by atoms with E-state index in [1.54, 1.807) is 0 Å². The molecule has 9 atom stereocenters. The standard InChI is InChI=1S/C36H32O17/c37-11-22-27(44)30(47)32(49)36(52-22)51-21-10-19(43)24-29(46)31(48)34(13-3-6-16(40)17(41)7-13)53-35(24)25(21)26-28(45)23-18(42)8-15(39)9-20(23)50-33(26)12-1-4-14(38)5-2-12/h1-10,22,26-27,30-34,36-44,47-49H,11H2. The Hall–Kier alpha value is -5.82. The molecule has 11 N–H and O–H groups in total. The molecule has 3 heterocycles. The minimum absolute atomic E-state index is 0.0442. The van der Waals surface area contributed by atoms with E-state index in [9.17, 15) is 65.8 Å². The van der Waals surface area contributed by atoms with Crippen LogP contribution in [0.15, 0.2) is 60.7 Å². The van der Waals surface area contributed by atoms with Crippen molar-refractivity contribution in [2.45, 2.75) is 54.9 Å². The van der Waals surface area contributed by atoms with Gasteiger partial charge in [-0.05, 0) is 35.4 Å². The lowest BCUT2D eigenvalue weighted by Crippen LogP contribution is -2.60. The molecule has 0 aliphatic carbocycles. The van der Waals surface area contributed by atoms with Gasteiger partial charge in [0.2, 0.25) is 12.1 Å². The van der Waals surface area contributed by atoms with Gasteiger partial charge < -0.3 is 75.1 Å². The zero-order chi connectivity index (χ0) is 38.0. The van der Waals surface area contributed by atoms with Crippen molar-refractivity contribution >= 4 is 11.6 Å². The van der Waals surface area contributed by atoms with Crippen molar-refractivity contribution in [3.05, 3.63) is 88.5 Å². The first-order valence-corrected chi connectivity index (χ1v) is 16.0. The first kappa shape index (κ1) is 35.6. The fourth-order valence-electron chi connectivity index (χ4n) is 6.76. The number of aliphatic hydroxyl groups excluding tert-OH is 5. The zero-order valence-electron chi connectivity index (χ0n) is 27.0. The predicted octanol–water partition coefficient (Wildman–Crippen LogP) is 0.876. The lowest BCUT2D eigenvalue weighted by molar-refractivity contribution is -0.277. The van der Waals surface area contributed by atoms with Gasteiger partial charge in [0, 0.05) is 18.2 Å². The molecule has 278 valence electrons. The number of aromatic hydroxyl groups is 6. The highest BCUT2D eigenvalue weighted by Crippen LogP contribution is 2.56. The van der Waals surface area contributed by atoms with Crippen molar-refractivity contribution < 1.29 is 84.7 Å². The van der Waals surface area contributed by atoms with Gasteiger partial charge in [-0.2, -0.15) is 0 Å².